The van der Waals surface area contributed by atoms with Gasteiger partial charge < -0.3 is 5.32 Å². The lowest BCUT2D eigenvalue weighted by Crippen LogP contribution is -2.33. The zero-order valence-corrected chi connectivity index (χ0v) is 8.12. The van der Waals surface area contributed by atoms with Crippen LogP contribution >= 0.6 is 0 Å². The summed E-state index contributed by atoms with van der Waals surface area (Å²) in [4.78, 5) is 4.18. The number of alkyl halides is 1. The molecule has 1 aliphatic rings. The normalized spacial score (nSPS) is 26.6. The summed E-state index contributed by atoms with van der Waals surface area (Å²) in [5.74, 6) is 0. The molecule has 0 unspecified atom stereocenters. The van der Waals surface area contributed by atoms with Crippen molar-refractivity contribution in [3.05, 3.63) is 30.1 Å². The lowest BCUT2D eigenvalue weighted by molar-refractivity contribution is 0.278. The van der Waals surface area contributed by atoms with Crippen LogP contribution in [0, 0.1) is 0 Å². The molecule has 3 heteroatoms. The highest BCUT2D eigenvalue weighted by atomic mass is 19.1. The molecule has 2 nitrogen and oxygen atoms in total. The third-order valence-electron chi connectivity index (χ3n) is 2.70. The van der Waals surface area contributed by atoms with Gasteiger partial charge in [-0.2, -0.15) is 0 Å². The first kappa shape index (κ1) is 9.59. The van der Waals surface area contributed by atoms with Crippen LogP contribution in [-0.4, -0.2) is 17.2 Å². The Morgan fingerprint density at radius 1 is 1.43 bits per heavy atom. The van der Waals surface area contributed by atoms with Crippen molar-refractivity contribution in [2.75, 3.05) is 0 Å². The van der Waals surface area contributed by atoms with E-state index >= 15 is 0 Å². The van der Waals surface area contributed by atoms with Gasteiger partial charge in [-0.1, -0.05) is 6.07 Å². The van der Waals surface area contributed by atoms with Crippen LogP contribution in [0.5, 0.6) is 0 Å². The minimum Gasteiger partial charge on any atom is -0.305 e. The molecule has 1 saturated carbocycles. The Balaban J connectivity index is 1.82. The molecule has 0 aliphatic heterocycles. The molecule has 0 aromatic carbocycles. The standard InChI is InChI=1S/C11H15FN2/c12-10-5-3-6-11(10)14-8-9-4-1-2-7-13-9/h1-2,4,7,10-11,14H,3,5-6,8H2/t10-,11+/m0/s1. The number of halogens is 1. The first-order valence-corrected chi connectivity index (χ1v) is 5.13. The molecule has 0 bridgehead atoms. The summed E-state index contributed by atoms with van der Waals surface area (Å²) < 4.78 is 13.2. The number of nitrogens with zero attached hydrogens (tertiary/aromatic N) is 1. The molecule has 0 radical (unpaired) electrons. The molecule has 1 aromatic rings. The van der Waals surface area contributed by atoms with Crippen molar-refractivity contribution in [2.45, 2.75) is 38.0 Å². The lowest BCUT2D eigenvalue weighted by atomic mass is 10.2. The molecule has 0 amide bonds. The van der Waals surface area contributed by atoms with Gasteiger partial charge in [0.2, 0.25) is 0 Å². The quantitative estimate of drug-likeness (QED) is 0.796. The van der Waals surface area contributed by atoms with E-state index in [0.717, 1.165) is 18.5 Å². The molecular weight excluding hydrogens is 179 g/mol. The van der Waals surface area contributed by atoms with E-state index in [1.807, 2.05) is 18.2 Å². The molecule has 1 fully saturated rings. The molecule has 1 heterocycles. The second-order valence-electron chi connectivity index (χ2n) is 3.76. The van der Waals surface area contributed by atoms with Gasteiger partial charge in [-0.05, 0) is 31.4 Å². The minimum atomic E-state index is -0.668. The van der Waals surface area contributed by atoms with Crippen molar-refractivity contribution in [1.29, 1.82) is 0 Å². The van der Waals surface area contributed by atoms with E-state index in [1.54, 1.807) is 6.20 Å². The third-order valence-corrected chi connectivity index (χ3v) is 2.70. The molecule has 0 spiro atoms. The Kier molecular flexibility index (Phi) is 3.09. The van der Waals surface area contributed by atoms with Crippen LogP contribution in [0.15, 0.2) is 24.4 Å². The van der Waals surface area contributed by atoms with Crippen molar-refractivity contribution >= 4 is 0 Å². The van der Waals surface area contributed by atoms with Gasteiger partial charge in [0, 0.05) is 18.8 Å². The first-order valence-electron chi connectivity index (χ1n) is 5.13. The van der Waals surface area contributed by atoms with Gasteiger partial charge in [0.25, 0.3) is 0 Å². The van der Waals surface area contributed by atoms with Gasteiger partial charge in [-0.15, -0.1) is 0 Å². The average molecular weight is 194 g/mol. The molecule has 2 rings (SSSR count). The summed E-state index contributed by atoms with van der Waals surface area (Å²) in [7, 11) is 0. The SMILES string of the molecule is F[C@H]1CCC[C@H]1NCc1ccccn1. The molecule has 1 aromatic heterocycles. The summed E-state index contributed by atoms with van der Waals surface area (Å²) in [6.07, 6.45) is 3.76. The number of aromatic nitrogens is 1. The predicted octanol–water partition coefficient (Wildman–Crippen LogP) is 2.06. The molecule has 14 heavy (non-hydrogen) atoms. The van der Waals surface area contributed by atoms with E-state index in [1.165, 1.54) is 0 Å². The Hall–Kier alpha value is -0.960. The Morgan fingerprint density at radius 2 is 2.36 bits per heavy atom. The van der Waals surface area contributed by atoms with Gasteiger partial charge in [0.1, 0.15) is 6.17 Å². The second-order valence-corrected chi connectivity index (χ2v) is 3.76. The van der Waals surface area contributed by atoms with E-state index in [0.29, 0.717) is 13.0 Å². The van der Waals surface area contributed by atoms with Crippen molar-refractivity contribution in [2.24, 2.45) is 0 Å². The number of pyridine rings is 1. The van der Waals surface area contributed by atoms with Crippen LogP contribution in [-0.2, 0) is 6.54 Å². The Morgan fingerprint density at radius 3 is 3.00 bits per heavy atom. The van der Waals surface area contributed by atoms with Crippen LogP contribution in [0.1, 0.15) is 25.0 Å². The van der Waals surface area contributed by atoms with Crippen LogP contribution < -0.4 is 5.32 Å². The fourth-order valence-electron chi connectivity index (χ4n) is 1.88. The van der Waals surface area contributed by atoms with Gasteiger partial charge in [-0.25, -0.2) is 4.39 Å². The fraction of sp³-hybridized carbons (Fsp3) is 0.545. The van der Waals surface area contributed by atoms with Crippen LogP contribution in [0.3, 0.4) is 0 Å². The van der Waals surface area contributed by atoms with Crippen LogP contribution in [0.4, 0.5) is 4.39 Å². The third kappa shape index (κ3) is 2.29. The fourth-order valence-corrected chi connectivity index (χ4v) is 1.88. The molecule has 2 atom stereocenters. The summed E-state index contributed by atoms with van der Waals surface area (Å²) >= 11 is 0. The summed E-state index contributed by atoms with van der Waals surface area (Å²) in [5, 5.41) is 3.21. The summed E-state index contributed by atoms with van der Waals surface area (Å²) in [5.41, 5.74) is 0.978. The maximum atomic E-state index is 13.2. The first-order chi connectivity index (χ1) is 6.86. The summed E-state index contributed by atoms with van der Waals surface area (Å²) in [6, 6.07) is 5.83. The largest absolute Gasteiger partial charge is 0.305 e. The highest BCUT2D eigenvalue weighted by Crippen LogP contribution is 2.21. The smallest absolute Gasteiger partial charge is 0.115 e. The lowest BCUT2D eigenvalue weighted by Gasteiger charge is -2.14. The van der Waals surface area contributed by atoms with E-state index in [-0.39, 0.29) is 6.04 Å². The van der Waals surface area contributed by atoms with Crippen molar-refractivity contribution in [3.63, 3.8) is 0 Å². The van der Waals surface area contributed by atoms with E-state index < -0.39 is 6.17 Å². The van der Waals surface area contributed by atoms with E-state index in [2.05, 4.69) is 10.3 Å². The van der Waals surface area contributed by atoms with Gasteiger partial charge >= 0.3 is 0 Å². The van der Waals surface area contributed by atoms with Crippen LogP contribution in [0.25, 0.3) is 0 Å². The Bertz CT molecular complexity index is 276. The van der Waals surface area contributed by atoms with Gasteiger partial charge in [-0.3, -0.25) is 4.98 Å². The van der Waals surface area contributed by atoms with Crippen molar-refractivity contribution in [1.82, 2.24) is 10.3 Å². The van der Waals surface area contributed by atoms with Crippen molar-refractivity contribution < 1.29 is 4.39 Å². The number of hydrogen-bond donors (Lipinski definition) is 1. The molecule has 76 valence electrons. The maximum Gasteiger partial charge on any atom is 0.115 e. The second kappa shape index (κ2) is 4.51. The molecule has 1 N–H and O–H groups in total. The van der Waals surface area contributed by atoms with Crippen molar-refractivity contribution in [3.8, 4) is 0 Å². The monoisotopic (exact) mass is 194 g/mol. The highest BCUT2D eigenvalue weighted by molar-refractivity contribution is 5.03. The van der Waals surface area contributed by atoms with Gasteiger partial charge in [0.05, 0.1) is 5.69 Å². The van der Waals surface area contributed by atoms with Gasteiger partial charge in [0.15, 0.2) is 0 Å². The maximum absolute atomic E-state index is 13.2. The van der Waals surface area contributed by atoms with E-state index in [4.69, 9.17) is 0 Å². The Labute approximate surface area is 83.6 Å². The average Bonchev–Trinajstić information content (AvgIpc) is 2.63. The van der Waals surface area contributed by atoms with Crippen LogP contribution in [0.2, 0.25) is 0 Å². The number of hydrogen-bond acceptors (Lipinski definition) is 2. The molecule has 0 saturated heterocycles. The summed E-state index contributed by atoms with van der Waals surface area (Å²) in [6.45, 7) is 0.673. The topological polar surface area (TPSA) is 24.9 Å². The highest BCUT2D eigenvalue weighted by Gasteiger charge is 2.25. The number of nitrogens with one attached hydrogen (secondary N) is 1. The minimum absolute atomic E-state index is 0.0389. The predicted molar refractivity (Wildman–Crippen MR) is 53.6 cm³/mol. The van der Waals surface area contributed by atoms with E-state index in [9.17, 15) is 4.39 Å². The number of rotatable bonds is 3. The molecular formula is C11H15FN2. The zero-order chi connectivity index (χ0) is 9.80. The molecule has 1 aliphatic carbocycles. The zero-order valence-electron chi connectivity index (χ0n) is 8.12.